The first kappa shape index (κ1) is 20.2. The van der Waals surface area contributed by atoms with Crippen LogP contribution in [-0.4, -0.2) is 66.1 Å². The molecular weight excluding hydrogens is 408 g/mol. The molecule has 8 atom stereocenters. The Kier molecular flexibility index (Phi) is 3.89. The molecule has 170 valence electrons. The van der Waals surface area contributed by atoms with Gasteiger partial charge in [0.2, 0.25) is 0 Å². The highest BCUT2D eigenvalue weighted by Crippen LogP contribution is 2.75. The first-order valence-corrected chi connectivity index (χ1v) is 11.5. The fraction of sp³-hybridized carbons (Fsp3) is 0.600. The predicted molar refractivity (Wildman–Crippen MR) is 117 cm³/mol. The molecule has 1 aliphatic carbocycles. The molecule has 0 aromatic heterocycles. The molecule has 1 aromatic carbocycles. The second-order valence-electron chi connectivity index (χ2n) is 10.2. The second-order valence-corrected chi connectivity index (χ2v) is 10.2. The van der Waals surface area contributed by atoms with E-state index >= 15 is 0 Å². The third kappa shape index (κ3) is 1.93. The molecule has 3 unspecified atom stereocenters. The zero-order valence-corrected chi connectivity index (χ0v) is 19.0. The number of benzene rings is 1. The molecule has 5 bridgehead atoms. The topological polar surface area (TPSA) is 79.3 Å². The molecule has 5 heterocycles. The smallest absolute Gasteiger partial charge is 0.302 e. The Morgan fingerprint density at radius 3 is 2.66 bits per heavy atom. The Morgan fingerprint density at radius 2 is 1.97 bits per heavy atom. The summed E-state index contributed by atoms with van der Waals surface area (Å²) in [6.07, 6.45) is 2.95. The zero-order valence-electron chi connectivity index (χ0n) is 19.0. The number of anilines is 1. The van der Waals surface area contributed by atoms with Gasteiger partial charge in [-0.3, -0.25) is 14.5 Å². The lowest BCUT2D eigenvalue weighted by Crippen LogP contribution is -2.76. The standard InChI is InChI=1S/C25H30N2O5/c1-5-16-12-27-20-10-18(16)23(13-31-14(2)28)21(27)11-24(22(23)32-15(3)29)17-8-6-7-9-19(17)26(4)25(20,24)30/h5-9,18,20-22,30H,10-13H2,1-4H3/b16-5-/t18-,20-,21?,22-,23-,24?,25-/m0/s1. The summed E-state index contributed by atoms with van der Waals surface area (Å²) in [5.41, 5.74) is 0.675. The summed E-state index contributed by atoms with van der Waals surface area (Å²) in [4.78, 5) is 28.9. The minimum Gasteiger partial charge on any atom is -0.465 e. The average Bonchev–Trinajstić information content (AvgIpc) is 3.14. The van der Waals surface area contributed by atoms with E-state index in [1.807, 2.05) is 37.1 Å². The van der Waals surface area contributed by atoms with Gasteiger partial charge in [0.15, 0.2) is 5.72 Å². The summed E-state index contributed by atoms with van der Waals surface area (Å²) in [7, 11) is 1.95. The second kappa shape index (κ2) is 6.14. The van der Waals surface area contributed by atoms with Crippen LogP contribution in [0.4, 0.5) is 5.69 Å². The van der Waals surface area contributed by atoms with Gasteiger partial charge in [-0.25, -0.2) is 0 Å². The average molecular weight is 439 g/mol. The van der Waals surface area contributed by atoms with Crippen LogP contribution in [-0.2, 0) is 24.5 Å². The number of piperidine rings is 4. The normalized spacial score (nSPS) is 45.7. The number of allylic oxidation sites excluding steroid dienone is 1. The lowest BCUT2D eigenvalue weighted by atomic mass is 9.58. The molecule has 7 heteroatoms. The van der Waals surface area contributed by atoms with Crippen molar-refractivity contribution in [2.45, 2.75) is 62.9 Å². The number of para-hydroxylation sites is 1. The Balaban J connectivity index is 1.67. The van der Waals surface area contributed by atoms with Crippen LogP contribution in [0.25, 0.3) is 0 Å². The zero-order chi connectivity index (χ0) is 22.6. The summed E-state index contributed by atoms with van der Waals surface area (Å²) in [5, 5.41) is 12.7. The summed E-state index contributed by atoms with van der Waals surface area (Å²) < 4.78 is 12.0. The van der Waals surface area contributed by atoms with Crippen LogP contribution in [0, 0.1) is 11.3 Å². The maximum Gasteiger partial charge on any atom is 0.302 e. The number of likely N-dealkylation sites (N-methyl/N-ethyl adjacent to an activating group) is 1. The third-order valence-corrected chi connectivity index (χ3v) is 9.35. The predicted octanol–water partition coefficient (Wildman–Crippen LogP) is 1.98. The van der Waals surface area contributed by atoms with Crippen molar-refractivity contribution < 1.29 is 24.2 Å². The Bertz CT molecular complexity index is 1070. The third-order valence-electron chi connectivity index (χ3n) is 9.35. The lowest BCUT2D eigenvalue weighted by molar-refractivity contribution is -0.181. The number of aliphatic hydroxyl groups is 1. The monoisotopic (exact) mass is 438 g/mol. The van der Waals surface area contributed by atoms with E-state index in [1.165, 1.54) is 19.4 Å². The van der Waals surface area contributed by atoms with Gasteiger partial charge in [-0.2, -0.15) is 0 Å². The maximum atomic E-state index is 12.7. The van der Waals surface area contributed by atoms with Gasteiger partial charge in [0, 0.05) is 39.2 Å². The molecule has 5 fully saturated rings. The largest absolute Gasteiger partial charge is 0.465 e. The molecule has 5 aliphatic heterocycles. The minimum atomic E-state index is -1.22. The molecular formula is C25H30N2O5. The van der Waals surface area contributed by atoms with E-state index in [9.17, 15) is 14.7 Å². The van der Waals surface area contributed by atoms with E-state index in [2.05, 4.69) is 17.0 Å². The van der Waals surface area contributed by atoms with Gasteiger partial charge in [-0.05, 0) is 37.3 Å². The van der Waals surface area contributed by atoms with Crippen LogP contribution in [0.15, 0.2) is 35.9 Å². The van der Waals surface area contributed by atoms with Crippen LogP contribution < -0.4 is 4.90 Å². The van der Waals surface area contributed by atoms with Crippen molar-refractivity contribution in [3.63, 3.8) is 0 Å². The Morgan fingerprint density at radius 1 is 1.22 bits per heavy atom. The summed E-state index contributed by atoms with van der Waals surface area (Å²) in [5.74, 6) is -0.634. The number of hydrogen-bond donors (Lipinski definition) is 1. The summed E-state index contributed by atoms with van der Waals surface area (Å²) in [6.45, 7) is 5.87. The van der Waals surface area contributed by atoms with Crippen LogP contribution >= 0.6 is 0 Å². The lowest BCUT2D eigenvalue weighted by Gasteiger charge is -2.64. The fourth-order valence-corrected chi connectivity index (χ4v) is 8.41. The van der Waals surface area contributed by atoms with Gasteiger partial charge in [0.25, 0.3) is 0 Å². The molecule has 7 rings (SSSR count). The van der Waals surface area contributed by atoms with Gasteiger partial charge in [0.05, 0.1) is 16.9 Å². The molecule has 1 aromatic rings. The van der Waals surface area contributed by atoms with Crippen LogP contribution in [0.3, 0.4) is 0 Å². The first-order valence-electron chi connectivity index (χ1n) is 11.5. The molecule has 1 saturated carbocycles. The van der Waals surface area contributed by atoms with E-state index in [0.717, 1.165) is 24.2 Å². The highest BCUT2D eigenvalue weighted by molar-refractivity contribution is 5.72. The first-order chi connectivity index (χ1) is 15.2. The molecule has 0 amide bonds. The highest BCUT2D eigenvalue weighted by Gasteiger charge is 2.86. The van der Waals surface area contributed by atoms with Crippen molar-refractivity contribution in [3.8, 4) is 0 Å². The number of carbonyl (C=O) groups excluding carboxylic acids is 2. The minimum absolute atomic E-state index is 0.0541. The number of hydrogen-bond acceptors (Lipinski definition) is 7. The molecule has 6 aliphatic rings. The van der Waals surface area contributed by atoms with E-state index in [1.54, 1.807) is 0 Å². The number of ether oxygens (including phenoxy) is 2. The number of nitrogens with zero attached hydrogens (tertiary/aromatic N) is 2. The number of rotatable bonds is 3. The molecule has 7 nitrogen and oxygen atoms in total. The quantitative estimate of drug-likeness (QED) is 0.571. The summed E-state index contributed by atoms with van der Waals surface area (Å²) >= 11 is 0. The van der Waals surface area contributed by atoms with Crippen molar-refractivity contribution >= 4 is 17.6 Å². The molecule has 4 saturated heterocycles. The van der Waals surface area contributed by atoms with Crippen LogP contribution in [0.2, 0.25) is 0 Å². The summed E-state index contributed by atoms with van der Waals surface area (Å²) in [6, 6.07) is 8.04. The van der Waals surface area contributed by atoms with Gasteiger partial charge < -0.3 is 19.5 Å². The van der Waals surface area contributed by atoms with Crippen molar-refractivity contribution in [1.29, 1.82) is 0 Å². The number of carbonyl (C=O) groups is 2. The van der Waals surface area contributed by atoms with Gasteiger partial charge in [-0.15, -0.1) is 0 Å². The molecule has 1 spiro atoms. The van der Waals surface area contributed by atoms with Gasteiger partial charge in [-0.1, -0.05) is 29.8 Å². The van der Waals surface area contributed by atoms with Crippen molar-refractivity contribution in [3.05, 3.63) is 41.5 Å². The number of esters is 2. The maximum absolute atomic E-state index is 12.7. The van der Waals surface area contributed by atoms with Gasteiger partial charge in [0.1, 0.15) is 12.7 Å². The SMILES string of the molecule is C/C=C1/CN2C3CC45c6ccccc6N(C)[C@]4(O)[C@@H]2C[C@@H]1[C@]3(COC(C)=O)[C@@H]5OC(C)=O. The van der Waals surface area contributed by atoms with Gasteiger partial charge >= 0.3 is 11.9 Å². The number of fused-ring (bicyclic) bond motifs is 2. The highest BCUT2D eigenvalue weighted by atomic mass is 16.6. The van der Waals surface area contributed by atoms with Crippen molar-refractivity contribution in [2.24, 2.45) is 11.3 Å². The van der Waals surface area contributed by atoms with E-state index in [-0.39, 0.29) is 36.5 Å². The fourth-order valence-electron chi connectivity index (χ4n) is 8.41. The van der Waals surface area contributed by atoms with E-state index in [0.29, 0.717) is 6.42 Å². The van der Waals surface area contributed by atoms with Crippen molar-refractivity contribution in [1.82, 2.24) is 4.90 Å². The molecule has 32 heavy (non-hydrogen) atoms. The molecule has 1 N–H and O–H groups in total. The van der Waals surface area contributed by atoms with E-state index in [4.69, 9.17) is 9.47 Å². The Labute approximate surface area is 188 Å². The van der Waals surface area contributed by atoms with E-state index < -0.39 is 22.7 Å². The Hall–Kier alpha value is -2.38. The molecule has 0 radical (unpaired) electrons. The van der Waals surface area contributed by atoms with Crippen molar-refractivity contribution in [2.75, 3.05) is 25.1 Å². The van der Waals surface area contributed by atoms with Crippen LogP contribution in [0.1, 0.15) is 39.2 Å². The van der Waals surface area contributed by atoms with Crippen LogP contribution in [0.5, 0.6) is 0 Å².